The number of benzene rings is 1. The molecule has 3 heteroatoms. The Kier molecular flexibility index (Phi) is 2.05. The molecule has 1 heterocycles. The topological polar surface area (TPSA) is 53.1 Å². The van der Waals surface area contributed by atoms with Crippen molar-refractivity contribution >= 4 is 16.9 Å². The third-order valence-corrected chi connectivity index (χ3v) is 3.86. The van der Waals surface area contributed by atoms with Crippen molar-refractivity contribution in [2.75, 3.05) is 0 Å². The molecule has 1 saturated carbocycles. The van der Waals surface area contributed by atoms with Crippen LogP contribution in [0, 0.1) is 0 Å². The largest absolute Gasteiger partial charge is 0.481 e. The van der Waals surface area contributed by atoms with E-state index in [9.17, 15) is 9.90 Å². The molecule has 0 aliphatic heterocycles. The number of carboxylic acid groups (broad SMARTS) is 1. The predicted molar refractivity (Wildman–Crippen MR) is 66.2 cm³/mol. The van der Waals surface area contributed by atoms with Crippen LogP contribution in [0.5, 0.6) is 0 Å². The lowest BCUT2D eigenvalue weighted by atomic mass is 9.94. The van der Waals surface area contributed by atoms with Gasteiger partial charge in [0.2, 0.25) is 0 Å². The number of hydrogen-bond donors (Lipinski definition) is 2. The molecule has 2 N–H and O–H groups in total. The van der Waals surface area contributed by atoms with Crippen molar-refractivity contribution in [3.8, 4) is 0 Å². The average molecular weight is 229 g/mol. The summed E-state index contributed by atoms with van der Waals surface area (Å²) in [5, 5.41) is 10.4. The highest BCUT2D eigenvalue weighted by Crippen LogP contribution is 2.50. The van der Waals surface area contributed by atoms with Crippen LogP contribution in [0.3, 0.4) is 0 Å². The van der Waals surface area contributed by atoms with Gasteiger partial charge in [-0.15, -0.1) is 0 Å². The molecule has 3 rings (SSSR count). The highest BCUT2D eigenvalue weighted by Gasteiger charge is 2.52. The number of carboxylic acids is 1. The summed E-state index contributed by atoms with van der Waals surface area (Å²) in [6, 6.07) is 6.11. The Morgan fingerprint density at radius 1 is 1.47 bits per heavy atom. The Balaban J connectivity index is 2.23. The summed E-state index contributed by atoms with van der Waals surface area (Å²) < 4.78 is 0. The van der Waals surface area contributed by atoms with Gasteiger partial charge in [0.1, 0.15) is 0 Å². The van der Waals surface area contributed by atoms with Crippen molar-refractivity contribution in [2.24, 2.45) is 0 Å². The fourth-order valence-electron chi connectivity index (χ4n) is 2.63. The van der Waals surface area contributed by atoms with E-state index in [0.29, 0.717) is 0 Å². The van der Waals surface area contributed by atoms with Gasteiger partial charge in [-0.1, -0.05) is 25.1 Å². The molecule has 0 radical (unpaired) electrons. The molecule has 3 nitrogen and oxygen atoms in total. The number of hydrogen-bond acceptors (Lipinski definition) is 1. The van der Waals surface area contributed by atoms with E-state index in [4.69, 9.17) is 0 Å². The van der Waals surface area contributed by atoms with Crippen molar-refractivity contribution in [2.45, 2.75) is 31.6 Å². The maximum Gasteiger partial charge on any atom is 0.314 e. The minimum Gasteiger partial charge on any atom is -0.481 e. The van der Waals surface area contributed by atoms with Crippen LogP contribution in [-0.2, 0) is 16.6 Å². The molecule has 1 aromatic carbocycles. The lowest BCUT2D eigenvalue weighted by Crippen LogP contribution is -2.18. The second-order valence-electron chi connectivity index (χ2n) is 4.78. The molecule has 0 bridgehead atoms. The fourth-order valence-corrected chi connectivity index (χ4v) is 2.63. The number of rotatable bonds is 3. The van der Waals surface area contributed by atoms with E-state index >= 15 is 0 Å². The number of aromatic nitrogens is 1. The van der Waals surface area contributed by atoms with E-state index in [1.54, 1.807) is 0 Å². The van der Waals surface area contributed by atoms with Gasteiger partial charge in [0.15, 0.2) is 0 Å². The minimum absolute atomic E-state index is 0.620. The summed E-state index contributed by atoms with van der Waals surface area (Å²) in [6.45, 7) is 2.11. The first kappa shape index (κ1) is 10.4. The maximum atomic E-state index is 11.4. The van der Waals surface area contributed by atoms with Gasteiger partial charge >= 0.3 is 5.97 Å². The van der Waals surface area contributed by atoms with E-state index < -0.39 is 11.4 Å². The maximum absolute atomic E-state index is 11.4. The standard InChI is InChI=1S/C14H15NO2/c1-2-9-4-3-5-10-11(8-15-12(9)10)14(6-7-14)13(16)17/h3-5,8,15H,2,6-7H2,1H3,(H,16,17). The van der Waals surface area contributed by atoms with Crippen LogP contribution in [0.1, 0.15) is 30.9 Å². The molecule has 0 spiro atoms. The molecule has 1 fully saturated rings. The second-order valence-corrected chi connectivity index (χ2v) is 4.78. The summed E-state index contributed by atoms with van der Waals surface area (Å²) in [5.41, 5.74) is 2.67. The van der Waals surface area contributed by atoms with Gasteiger partial charge in [-0.3, -0.25) is 4.79 Å². The number of aryl methyl sites for hydroxylation is 1. The number of nitrogens with one attached hydrogen (secondary N) is 1. The Morgan fingerprint density at radius 3 is 2.82 bits per heavy atom. The van der Waals surface area contributed by atoms with E-state index in [1.807, 2.05) is 18.3 Å². The van der Waals surface area contributed by atoms with Gasteiger partial charge in [0.25, 0.3) is 0 Å². The van der Waals surface area contributed by atoms with Crippen LogP contribution in [0.25, 0.3) is 10.9 Å². The first-order valence-corrected chi connectivity index (χ1v) is 6.02. The summed E-state index contributed by atoms with van der Waals surface area (Å²) >= 11 is 0. The number of aliphatic carboxylic acids is 1. The fraction of sp³-hybridized carbons (Fsp3) is 0.357. The summed E-state index contributed by atoms with van der Waals surface area (Å²) in [6.07, 6.45) is 4.35. The van der Waals surface area contributed by atoms with Gasteiger partial charge < -0.3 is 10.1 Å². The Labute approximate surface area is 99.5 Å². The minimum atomic E-state index is -0.694. The zero-order valence-corrected chi connectivity index (χ0v) is 9.79. The molecular formula is C14H15NO2. The number of para-hydroxylation sites is 1. The van der Waals surface area contributed by atoms with Crippen molar-refractivity contribution in [1.82, 2.24) is 4.98 Å². The Bertz CT molecular complexity index is 593. The van der Waals surface area contributed by atoms with Crippen LogP contribution in [0.2, 0.25) is 0 Å². The number of carbonyl (C=O) groups is 1. The van der Waals surface area contributed by atoms with E-state index in [-0.39, 0.29) is 0 Å². The predicted octanol–water partition coefficient (Wildman–Crippen LogP) is 2.85. The van der Waals surface area contributed by atoms with Crippen LogP contribution in [-0.4, -0.2) is 16.1 Å². The van der Waals surface area contributed by atoms with Crippen molar-refractivity contribution in [1.29, 1.82) is 0 Å². The van der Waals surface area contributed by atoms with Gasteiger partial charge in [0.05, 0.1) is 5.41 Å². The lowest BCUT2D eigenvalue weighted by molar-refractivity contribution is -0.140. The molecule has 0 unspecified atom stereocenters. The molecule has 0 saturated heterocycles. The van der Waals surface area contributed by atoms with Gasteiger partial charge in [-0.05, 0) is 30.4 Å². The van der Waals surface area contributed by atoms with Gasteiger partial charge in [-0.25, -0.2) is 0 Å². The number of aromatic amines is 1. The molecular weight excluding hydrogens is 214 g/mol. The zero-order valence-electron chi connectivity index (χ0n) is 9.79. The van der Waals surface area contributed by atoms with E-state index in [0.717, 1.165) is 35.7 Å². The highest BCUT2D eigenvalue weighted by molar-refractivity contribution is 5.95. The molecule has 0 atom stereocenters. The summed E-state index contributed by atoms with van der Waals surface area (Å²) in [7, 11) is 0. The molecule has 17 heavy (non-hydrogen) atoms. The van der Waals surface area contributed by atoms with Crippen molar-refractivity contribution in [3.63, 3.8) is 0 Å². The van der Waals surface area contributed by atoms with Crippen molar-refractivity contribution < 1.29 is 9.90 Å². The lowest BCUT2D eigenvalue weighted by Gasteiger charge is -2.08. The first-order chi connectivity index (χ1) is 8.19. The Hall–Kier alpha value is -1.77. The van der Waals surface area contributed by atoms with Crippen LogP contribution in [0.15, 0.2) is 24.4 Å². The van der Waals surface area contributed by atoms with Crippen LogP contribution in [0.4, 0.5) is 0 Å². The number of H-pyrrole nitrogens is 1. The molecule has 1 aromatic heterocycles. The molecule has 2 aromatic rings. The highest BCUT2D eigenvalue weighted by atomic mass is 16.4. The smallest absolute Gasteiger partial charge is 0.314 e. The van der Waals surface area contributed by atoms with E-state index in [2.05, 4.69) is 18.0 Å². The second kappa shape index (κ2) is 3.36. The van der Waals surface area contributed by atoms with Gasteiger partial charge in [-0.2, -0.15) is 0 Å². The molecule has 1 aliphatic rings. The first-order valence-electron chi connectivity index (χ1n) is 6.02. The SMILES string of the molecule is CCc1cccc2c(C3(C(=O)O)CC3)c[nH]c12. The third kappa shape index (κ3) is 1.32. The normalized spacial score (nSPS) is 17.2. The van der Waals surface area contributed by atoms with Crippen molar-refractivity contribution in [3.05, 3.63) is 35.5 Å². The number of fused-ring (bicyclic) bond motifs is 1. The zero-order chi connectivity index (χ0) is 12.0. The van der Waals surface area contributed by atoms with Gasteiger partial charge in [0, 0.05) is 17.1 Å². The Morgan fingerprint density at radius 2 is 2.24 bits per heavy atom. The summed E-state index contributed by atoms with van der Waals surface area (Å²) in [5.74, 6) is -0.694. The third-order valence-electron chi connectivity index (χ3n) is 3.86. The summed E-state index contributed by atoms with van der Waals surface area (Å²) in [4.78, 5) is 14.6. The molecule has 0 amide bonds. The molecule has 88 valence electrons. The monoisotopic (exact) mass is 229 g/mol. The molecule has 1 aliphatic carbocycles. The average Bonchev–Trinajstić information content (AvgIpc) is 3.03. The quantitative estimate of drug-likeness (QED) is 0.850. The van der Waals surface area contributed by atoms with E-state index in [1.165, 1.54) is 5.56 Å². The van der Waals surface area contributed by atoms with Crippen LogP contribution < -0.4 is 0 Å². The van der Waals surface area contributed by atoms with Crippen LogP contribution >= 0.6 is 0 Å².